The molecule has 0 heterocycles. The lowest BCUT2D eigenvalue weighted by molar-refractivity contribution is 0.893. The topological polar surface area (TPSA) is 0 Å². The molecule has 0 unspecified atom stereocenters. The summed E-state index contributed by atoms with van der Waals surface area (Å²) in [4.78, 5) is 0. The Kier molecular flexibility index (Phi) is 4.13. The first-order chi connectivity index (χ1) is 9.93. The lowest BCUT2D eigenvalue weighted by atomic mass is 9.99. The molecule has 2 aromatic rings. The van der Waals surface area contributed by atoms with Crippen molar-refractivity contribution in [1.82, 2.24) is 0 Å². The fourth-order valence-corrected chi connectivity index (χ4v) is 2.78. The molecule has 2 aromatic carbocycles. The summed E-state index contributed by atoms with van der Waals surface area (Å²) in [5.74, 6) is 0. The van der Waals surface area contributed by atoms with Gasteiger partial charge in [-0.25, -0.2) is 0 Å². The van der Waals surface area contributed by atoms with Gasteiger partial charge < -0.3 is 0 Å². The molecule has 0 aliphatic heterocycles. The molecule has 0 heteroatoms. The number of hydrogen-bond donors (Lipinski definition) is 0. The maximum Gasteiger partial charge on any atom is -0.0112 e. The molecule has 1 aliphatic carbocycles. The van der Waals surface area contributed by atoms with Crippen LogP contribution in [0.15, 0.2) is 72.3 Å². The monoisotopic (exact) mass is 260 g/mol. The summed E-state index contributed by atoms with van der Waals surface area (Å²) in [6.07, 6.45) is 12.0. The minimum absolute atomic E-state index is 1.10. The van der Waals surface area contributed by atoms with Crippen molar-refractivity contribution in [3.8, 4) is 11.1 Å². The van der Waals surface area contributed by atoms with Crippen LogP contribution in [0.25, 0.3) is 17.2 Å². The highest BCUT2D eigenvalue weighted by molar-refractivity contribution is 5.75. The van der Waals surface area contributed by atoms with Crippen molar-refractivity contribution in [1.29, 1.82) is 0 Å². The highest BCUT2D eigenvalue weighted by atomic mass is 14.1. The molecule has 0 saturated heterocycles. The second kappa shape index (κ2) is 6.38. The van der Waals surface area contributed by atoms with Crippen LogP contribution in [0.1, 0.15) is 31.2 Å². The maximum atomic E-state index is 2.40. The maximum absolute atomic E-state index is 2.40. The molecule has 0 nitrogen and oxygen atoms in total. The number of allylic oxidation sites excluding steroid dienone is 3. The first-order valence-corrected chi connectivity index (χ1v) is 7.42. The van der Waals surface area contributed by atoms with E-state index in [9.17, 15) is 0 Å². The van der Waals surface area contributed by atoms with Crippen molar-refractivity contribution >= 4 is 6.08 Å². The van der Waals surface area contributed by atoms with Gasteiger partial charge in [0.05, 0.1) is 0 Å². The highest BCUT2D eigenvalue weighted by Crippen LogP contribution is 2.26. The van der Waals surface area contributed by atoms with E-state index in [0.717, 1.165) is 6.42 Å². The average molecular weight is 260 g/mol. The largest absolute Gasteiger partial charge is 0.0850 e. The Bertz CT molecular complexity index is 617. The second-order valence-corrected chi connectivity index (χ2v) is 5.31. The Balaban J connectivity index is 1.81. The summed E-state index contributed by atoms with van der Waals surface area (Å²) < 4.78 is 0. The van der Waals surface area contributed by atoms with E-state index in [1.807, 2.05) is 0 Å². The Morgan fingerprint density at radius 2 is 1.70 bits per heavy atom. The van der Waals surface area contributed by atoms with Gasteiger partial charge in [-0.05, 0) is 42.4 Å². The third kappa shape index (κ3) is 3.08. The van der Waals surface area contributed by atoms with Crippen molar-refractivity contribution in [2.75, 3.05) is 0 Å². The summed E-state index contributed by atoms with van der Waals surface area (Å²) in [5, 5.41) is 0. The van der Waals surface area contributed by atoms with E-state index in [0.29, 0.717) is 0 Å². The normalized spacial score (nSPS) is 14.7. The lowest BCUT2D eigenvalue weighted by Gasteiger charge is -2.06. The zero-order valence-electron chi connectivity index (χ0n) is 11.8. The smallest absolute Gasteiger partial charge is 0.0112 e. The quantitative estimate of drug-likeness (QED) is 0.603. The number of rotatable bonds is 4. The standard InChI is InChI=1S/C20H20/c1-2-12-18(13-3-1)20-16-7-6-14-19(20)15-8-11-17-9-4-5-10-17/h1-3,6-9,12-16H,4-5,10-11H2/b15-8-. The zero-order chi connectivity index (χ0) is 13.6. The van der Waals surface area contributed by atoms with Gasteiger partial charge in [-0.1, -0.05) is 78.4 Å². The summed E-state index contributed by atoms with van der Waals surface area (Å²) in [6.45, 7) is 0. The summed E-state index contributed by atoms with van der Waals surface area (Å²) in [7, 11) is 0. The van der Waals surface area contributed by atoms with E-state index in [2.05, 4.69) is 72.8 Å². The second-order valence-electron chi connectivity index (χ2n) is 5.31. The van der Waals surface area contributed by atoms with E-state index in [4.69, 9.17) is 0 Å². The molecule has 0 fully saturated rings. The summed E-state index contributed by atoms with van der Waals surface area (Å²) in [5.41, 5.74) is 5.49. The molecule has 0 saturated carbocycles. The molecule has 3 rings (SSSR count). The van der Waals surface area contributed by atoms with E-state index < -0.39 is 0 Å². The predicted octanol–water partition coefficient (Wildman–Crippen LogP) is 5.87. The van der Waals surface area contributed by atoms with E-state index >= 15 is 0 Å². The Labute approximate surface area is 121 Å². The van der Waals surface area contributed by atoms with Crippen molar-refractivity contribution in [3.63, 3.8) is 0 Å². The fourth-order valence-electron chi connectivity index (χ4n) is 2.78. The van der Waals surface area contributed by atoms with Crippen molar-refractivity contribution in [3.05, 3.63) is 77.9 Å². The van der Waals surface area contributed by atoms with Crippen molar-refractivity contribution < 1.29 is 0 Å². The van der Waals surface area contributed by atoms with Gasteiger partial charge in [0.2, 0.25) is 0 Å². The molecular formula is C20H20. The molecule has 0 aromatic heterocycles. The van der Waals surface area contributed by atoms with Crippen LogP contribution in [0, 0.1) is 0 Å². The summed E-state index contributed by atoms with van der Waals surface area (Å²) in [6, 6.07) is 19.2. The molecule has 0 N–H and O–H groups in total. The van der Waals surface area contributed by atoms with Crippen LogP contribution in [-0.2, 0) is 0 Å². The van der Waals surface area contributed by atoms with Gasteiger partial charge in [0.15, 0.2) is 0 Å². The molecule has 20 heavy (non-hydrogen) atoms. The number of hydrogen-bond acceptors (Lipinski definition) is 0. The molecule has 0 atom stereocenters. The SMILES string of the molecule is C1=C(C/C=C\c2ccccc2-c2ccccc2)CCC1. The number of benzene rings is 2. The minimum Gasteiger partial charge on any atom is -0.0850 e. The van der Waals surface area contributed by atoms with Crippen molar-refractivity contribution in [2.45, 2.75) is 25.7 Å². The van der Waals surface area contributed by atoms with Crippen LogP contribution in [-0.4, -0.2) is 0 Å². The Hall–Kier alpha value is -2.08. The first-order valence-electron chi connectivity index (χ1n) is 7.42. The highest BCUT2D eigenvalue weighted by Gasteiger charge is 2.03. The molecular weight excluding hydrogens is 240 g/mol. The van der Waals surface area contributed by atoms with Crippen LogP contribution in [0.2, 0.25) is 0 Å². The van der Waals surface area contributed by atoms with Gasteiger partial charge in [0.25, 0.3) is 0 Å². The predicted molar refractivity (Wildman–Crippen MR) is 87.5 cm³/mol. The van der Waals surface area contributed by atoms with Gasteiger partial charge in [-0.15, -0.1) is 0 Å². The lowest BCUT2D eigenvalue weighted by Crippen LogP contribution is -1.82. The van der Waals surface area contributed by atoms with Crippen LogP contribution in [0.3, 0.4) is 0 Å². The third-order valence-electron chi connectivity index (χ3n) is 3.86. The van der Waals surface area contributed by atoms with Gasteiger partial charge in [-0.2, -0.15) is 0 Å². The molecule has 100 valence electrons. The van der Waals surface area contributed by atoms with E-state index in [-0.39, 0.29) is 0 Å². The van der Waals surface area contributed by atoms with Crippen LogP contribution >= 0.6 is 0 Å². The molecule has 0 bridgehead atoms. The fraction of sp³-hybridized carbons (Fsp3) is 0.200. The van der Waals surface area contributed by atoms with Gasteiger partial charge in [-0.3, -0.25) is 0 Å². The Morgan fingerprint density at radius 3 is 2.50 bits per heavy atom. The van der Waals surface area contributed by atoms with Crippen LogP contribution < -0.4 is 0 Å². The zero-order valence-corrected chi connectivity index (χ0v) is 11.8. The van der Waals surface area contributed by atoms with Gasteiger partial charge in [0.1, 0.15) is 0 Å². The summed E-state index contributed by atoms with van der Waals surface area (Å²) >= 11 is 0. The van der Waals surface area contributed by atoms with Gasteiger partial charge >= 0.3 is 0 Å². The van der Waals surface area contributed by atoms with Crippen molar-refractivity contribution in [2.24, 2.45) is 0 Å². The Morgan fingerprint density at radius 1 is 0.900 bits per heavy atom. The van der Waals surface area contributed by atoms with Crippen LogP contribution in [0.5, 0.6) is 0 Å². The molecule has 1 aliphatic rings. The molecule has 0 spiro atoms. The van der Waals surface area contributed by atoms with E-state index in [1.54, 1.807) is 5.57 Å². The third-order valence-corrected chi connectivity index (χ3v) is 3.86. The molecule has 0 amide bonds. The first kappa shape index (κ1) is 12.9. The van der Waals surface area contributed by atoms with Gasteiger partial charge in [0, 0.05) is 0 Å². The molecule has 0 radical (unpaired) electrons. The van der Waals surface area contributed by atoms with Crippen LogP contribution in [0.4, 0.5) is 0 Å². The van der Waals surface area contributed by atoms with E-state index in [1.165, 1.54) is 36.0 Å². The average Bonchev–Trinajstić information content (AvgIpc) is 3.02. The minimum atomic E-state index is 1.10.